The van der Waals surface area contributed by atoms with Crippen LogP contribution in [0.5, 0.6) is 0 Å². The molecule has 0 aliphatic heterocycles. The number of ether oxygens (including phenoxy) is 1. The third kappa shape index (κ3) is 7.01. The second-order valence-electron chi connectivity index (χ2n) is 6.93. The number of carboxylic acid groups (broad SMARTS) is 1. The minimum atomic E-state index is -4.09. The Hall–Kier alpha value is -2.13. The van der Waals surface area contributed by atoms with Crippen molar-refractivity contribution in [3.05, 3.63) is 29.8 Å². The molecular formula is C17H25NO7S. The highest BCUT2D eigenvalue weighted by Crippen LogP contribution is 2.15. The third-order valence-electron chi connectivity index (χ3n) is 3.41. The molecule has 1 rings (SSSR count). The van der Waals surface area contributed by atoms with Gasteiger partial charge in [0.15, 0.2) is 0 Å². The second kappa shape index (κ2) is 8.50. The van der Waals surface area contributed by atoms with Crippen molar-refractivity contribution in [2.45, 2.75) is 51.2 Å². The first-order chi connectivity index (χ1) is 11.8. The molecule has 0 spiro atoms. The Morgan fingerprint density at radius 3 is 2.19 bits per heavy atom. The lowest BCUT2D eigenvalue weighted by Gasteiger charge is -2.25. The van der Waals surface area contributed by atoms with E-state index in [9.17, 15) is 23.1 Å². The molecule has 0 aliphatic rings. The fourth-order valence-corrected chi connectivity index (χ4v) is 2.81. The number of carbonyl (C=O) groups excluding carboxylic acids is 1. The standard InChI is InChI=1S/C17H25NO7S/c1-11-6-8-13(9-7-11)26(22,23)24-10-14(12(2)15(19)20)18-16(21)25-17(3,4)5/h6-9,12,14H,10H2,1-5H3,(H,18,21)(H,19,20)/t12-,14?/m0/s1. The van der Waals surface area contributed by atoms with Gasteiger partial charge in [0, 0.05) is 0 Å². The number of hydrogen-bond donors (Lipinski definition) is 2. The zero-order chi connectivity index (χ0) is 20.1. The number of nitrogens with one attached hydrogen (secondary N) is 1. The van der Waals surface area contributed by atoms with Gasteiger partial charge in [0.25, 0.3) is 10.1 Å². The van der Waals surface area contributed by atoms with Gasteiger partial charge in [-0.2, -0.15) is 8.42 Å². The molecule has 0 aliphatic carbocycles. The lowest BCUT2D eigenvalue weighted by atomic mass is 10.0. The van der Waals surface area contributed by atoms with E-state index in [1.54, 1.807) is 32.9 Å². The Morgan fingerprint density at radius 1 is 1.19 bits per heavy atom. The molecule has 146 valence electrons. The van der Waals surface area contributed by atoms with Crippen LogP contribution in [0.15, 0.2) is 29.2 Å². The van der Waals surface area contributed by atoms with Crippen LogP contribution in [0, 0.1) is 12.8 Å². The summed E-state index contributed by atoms with van der Waals surface area (Å²) in [7, 11) is -4.09. The Labute approximate surface area is 153 Å². The van der Waals surface area contributed by atoms with Crippen molar-refractivity contribution in [1.82, 2.24) is 5.32 Å². The molecule has 1 aromatic rings. The molecule has 0 bridgehead atoms. The van der Waals surface area contributed by atoms with Crippen LogP contribution in [0.1, 0.15) is 33.3 Å². The maximum absolute atomic E-state index is 12.2. The molecule has 9 heteroatoms. The summed E-state index contributed by atoms with van der Waals surface area (Å²) in [5, 5.41) is 11.5. The molecule has 0 aromatic heterocycles. The van der Waals surface area contributed by atoms with E-state index < -0.39 is 46.3 Å². The van der Waals surface area contributed by atoms with Crippen molar-refractivity contribution in [3.8, 4) is 0 Å². The number of hydrogen-bond acceptors (Lipinski definition) is 6. The first-order valence-corrected chi connectivity index (χ1v) is 9.41. The third-order valence-corrected chi connectivity index (χ3v) is 4.70. The highest BCUT2D eigenvalue weighted by atomic mass is 32.2. The number of amides is 1. The van der Waals surface area contributed by atoms with E-state index in [1.165, 1.54) is 19.1 Å². The van der Waals surface area contributed by atoms with Crippen LogP contribution in [-0.2, 0) is 23.8 Å². The average Bonchev–Trinajstić information content (AvgIpc) is 2.49. The minimum Gasteiger partial charge on any atom is -0.481 e. The molecule has 0 fully saturated rings. The Morgan fingerprint density at radius 2 is 1.73 bits per heavy atom. The number of aliphatic carboxylic acids is 1. The molecule has 2 N–H and O–H groups in total. The van der Waals surface area contributed by atoms with Crippen molar-refractivity contribution in [1.29, 1.82) is 0 Å². The van der Waals surface area contributed by atoms with E-state index in [-0.39, 0.29) is 4.90 Å². The molecule has 0 heterocycles. The van der Waals surface area contributed by atoms with Gasteiger partial charge in [-0.3, -0.25) is 8.98 Å². The SMILES string of the molecule is Cc1ccc(S(=O)(=O)OCC(NC(=O)OC(C)(C)C)[C@H](C)C(=O)O)cc1. The molecular weight excluding hydrogens is 362 g/mol. The summed E-state index contributed by atoms with van der Waals surface area (Å²) in [6.07, 6.45) is -0.855. The molecule has 8 nitrogen and oxygen atoms in total. The number of carboxylic acids is 1. The lowest BCUT2D eigenvalue weighted by Crippen LogP contribution is -2.47. The van der Waals surface area contributed by atoms with Gasteiger partial charge in [0.2, 0.25) is 0 Å². The number of benzene rings is 1. The predicted octanol–water partition coefficient (Wildman–Crippen LogP) is 2.31. The normalized spacial score (nSPS) is 14.3. The molecule has 2 atom stereocenters. The van der Waals surface area contributed by atoms with Crippen LogP contribution in [-0.4, -0.2) is 43.8 Å². The van der Waals surface area contributed by atoms with Gasteiger partial charge in [-0.1, -0.05) is 17.7 Å². The second-order valence-corrected chi connectivity index (χ2v) is 8.55. The fraction of sp³-hybridized carbons (Fsp3) is 0.529. The van der Waals surface area contributed by atoms with Gasteiger partial charge in [0.1, 0.15) is 5.60 Å². The zero-order valence-electron chi connectivity index (χ0n) is 15.5. The topological polar surface area (TPSA) is 119 Å². The van der Waals surface area contributed by atoms with E-state index in [1.807, 2.05) is 6.92 Å². The van der Waals surface area contributed by atoms with Crippen molar-refractivity contribution in [2.24, 2.45) is 5.92 Å². The van der Waals surface area contributed by atoms with E-state index in [2.05, 4.69) is 5.32 Å². The van der Waals surface area contributed by atoms with Crippen LogP contribution >= 0.6 is 0 Å². The van der Waals surface area contributed by atoms with Crippen LogP contribution in [0.3, 0.4) is 0 Å². The molecule has 0 saturated carbocycles. The van der Waals surface area contributed by atoms with Gasteiger partial charge in [0.05, 0.1) is 23.5 Å². The first kappa shape index (κ1) is 21.9. The van der Waals surface area contributed by atoms with Crippen LogP contribution in [0.4, 0.5) is 4.79 Å². The molecule has 0 radical (unpaired) electrons. The van der Waals surface area contributed by atoms with Crippen LogP contribution in [0.25, 0.3) is 0 Å². The summed E-state index contributed by atoms with van der Waals surface area (Å²) in [6, 6.07) is 4.92. The highest BCUT2D eigenvalue weighted by Gasteiger charge is 2.29. The van der Waals surface area contributed by atoms with Gasteiger partial charge in [-0.25, -0.2) is 4.79 Å². The lowest BCUT2D eigenvalue weighted by molar-refractivity contribution is -0.142. The van der Waals surface area contributed by atoms with Crippen molar-refractivity contribution < 1.29 is 32.0 Å². The van der Waals surface area contributed by atoms with E-state index >= 15 is 0 Å². The average molecular weight is 387 g/mol. The van der Waals surface area contributed by atoms with Gasteiger partial charge < -0.3 is 15.2 Å². The zero-order valence-corrected chi connectivity index (χ0v) is 16.3. The summed E-state index contributed by atoms with van der Waals surface area (Å²) in [4.78, 5) is 23.1. The summed E-state index contributed by atoms with van der Waals surface area (Å²) in [5.74, 6) is -2.29. The monoisotopic (exact) mass is 387 g/mol. The quantitative estimate of drug-likeness (QED) is 0.689. The number of alkyl carbamates (subject to hydrolysis) is 1. The smallest absolute Gasteiger partial charge is 0.407 e. The predicted molar refractivity (Wildman–Crippen MR) is 94.3 cm³/mol. The van der Waals surface area contributed by atoms with Gasteiger partial charge in [-0.05, 0) is 46.8 Å². The number of rotatable bonds is 7. The number of aryl methyl sites for hydroxylation is 1. The van der Waals surface area contributed by atoms with Crippen molar-refractivity contribution >= 4 is 22.2 Å². The molecule has 1 unspecified atom stereocenters. The summed E-state index contributed by atoms with van der Waals surface area (Å²) >= 11 is 0. The first-order valence-electron chi connectivity index (χ1n) is 8.00. The summed E-state index contributed by atoms with van der Waals surface area (Å²) in [5.41, 5.74) is 0.101. The Kier molecular flexibility index (Phi) is 7.16. The summed E-state index contributed by atoms with van der Waals surface area (Å²) < 4.78 is 34.5. The molecule has 26 heavy (non-hydrogen) atoms. The van der Waals surface area contributed by atoms with Crippen LogP contribution < -0.4 is 5.32 Å². The van der Waals surface area contributed by atoms with Gasteiger partial charge >= 0.3 is 12.1 Å². The largest absolute Gasteiger partial charge is 0.481 e. The molecule has 1 aromatic carbocycles. The van der Waals surface area contributed by atoms with Crippen LogP contribution in [0.2, 0.25) is 0 Å². The molecule has 1 amide bonds. The van der Waals surface area contributed by atoms with E-state index in [0.29, 0.717) is 0 Å². The highest BCUT2D eigenvalue weighted by molar-refractivity contribution is 7.86. The summed E-state index contributed by atoms with van der Waals surface area (Å²) in [6.45, 7) is 7.57. The minimum absolute atomic E-state index is 0.0536. The maximum Gasteiger partial charge on any atom is 0.407 e. The number of carbonyl (C=O) groups is 2. The Bertz CT molecular complexity index is 735. The molecule has 0 saturated heterocycles. The van der Waals surface area contributed by atoms with Crippen molar-refractivity contribution in [2.75, 3.05) is 6.61 Å². The van der Waals surface area contributed by atoms with Gasteiger partial charge in [-0.15, -0.1) is 0 Å². The fourth-order valence-electron chi connectivity index (χ4n) is 1.88. The van der Waals surface area contributed by atoms with E-state index in [0.717, 1.165) is 5.56 Å². The van der Waals surface area contributed by atoms with Crippen molar-refractivity contribution in [3.63, 3.8) is 0 Å². The van der Waals surface area contributed by atoms with E-state index in [4.69, 9.17) is 8.92 Å². The maximum atomic E-state index is 12.2. The Balaban J connectivity index is 2.87.